The van der Waals surface area contributed by atoms with E-state index in [0.29, 0.717) is 29.5 Å². The van der Waals surface area contributed by atoms with Crippen molar-refractivity contribution in [1.29, 1.82) is 0 Å². The molecule has 0 heterocycles. The normalized spacial score (nSPS) is 13.1. The maximum absolute atomic E-state index is 9.63. The summed E-state index contributed by atoms with van der Waals surface area (Å²) in [4.78, 5) is 0. The van der Waals surface area contributed by atoms with E-state index in [4.69, 9.17) is 15.6 Å². The lowest BCUT2D eigenvalue weighted by Gasteiger charge is -2.23. The van der Waals surface area contributed by atoms with Crippen LogP contribution < -0.4 is 26.4 Å². The zero-order chi connectivity index (χ0) is 36.8. The number of methoxy groups -OCH3 is 1. The highest BCUT2D eigenvalue weighted by atomic mass is 16.5. The molecule has 49 heavy (non-hydrogen) atoms. The molecule has 4 aromatic carbocycles. The molecule has 4 atom stereocenters. The van der Waals surface area contributed by atoms with E-state index < -0.39 is 12.2 Å². The van der Waals surface area contributed by atoms with Gasteiger partial charge in [0.25, 0.3) is 0 Å². The topological polar surface area (TPSA) is 152 Å². The zero-order valence-corrected chi connectivity index (χ0v) is 30.5. The summed E-state index contributed by atoms with van der Waals surface area (Å²) in [6.07, 6.45) is 0.883. The van der Waals surface area contributed by atoms with E-state index in [9.17, 15) is 15.3 Å². The van der Waals surface area contributed by atoms with E-state index in [-0.39, 0.29) is 23.1 Å². The Morgan fingerprint density at radius 1 is 0.755 bits per heavy atom. The highest BCUT2D eigenvalue weighted by molar-refractivity contribution is 5.42. The Balaban J connectivity index is 0.000000328. The molecule has 0 amide bonds. The molecule has 0 saturated carbocycles. The molecule has 0 radical (unpaired) electrons. The maximum atomic E-state index is 9.63. The third-order valence-corrected chi connectivity index (χ3v) is 7.74. The number of phenols is 2. The van der Waals surface area contributed by atoms with E-state index >= 15 is 0 Å². The molecule has 270 valence electrons. The van der Waals surface area contributed by atoms with Gasteiger partial charge in [-0.2, -0.15) is 0 Å². The molecular formula is C40H60N4O5. The number of benzene rings is 4. The summed E-state index contributed by atoms with van der Waals surface area (Å²) in [5.74, 6) is 0.595. The number of hydrogen-bond acceptors (Lipinski definition) is 9. The first-order chi connectivity index (χ1) is 23.3. The fourth-order valence-electron chi connectivity index (χ4n) is 4.49. The number of aromatic hydroxyl groups is 2. The van der Waals surface area contributed by atoms with Crippen molar-refractivity contribution in [2.45, 2.75) is 70.4 Å². The Morgan fingerprint density at radius 3 is 1.84 bits per heavy atom. The van der Waals surface area contributed by atoms with Gasteiger partial charge in [-0.05, 0) is 108 Å². The molecule has 4 aromatic rings. The fourth-order valence-corrected chi connectivity index (χ4v) is 4.49. The van der Waals surface area contributed by atoms with E-state index in [1.165, 1.54) is 30.4 Å². The average molecular weight is 677 g/mol. The highest BCUT2D eigenvalue weighted by Crippen LogP contribution is 2.28. The Morgan fingerprint density at radius 2 is 1.35 bits per heavy atom. The molecule has 0 aliphatic rings. The van der Waals surface area contributed by atoms with Crippen LogP contribution in [0.15, 0.2) is 103 Å². The molecular weight excluding hydrogens is 616 g/mol. The summed E-state index contributed by atoms with van der Waals surface area (Å²) in [6, 6.07) is 32.6. The maximum Gasteiger partial charge on any atom is 0.160 e. The Labute approximate surface area is 294 Å². The molecule has 9 N–H and O–H groups in total. The first-order valence-corrected chi connectivity index (χ1v) is 16.6. The van der Waals surface area contributed by atoms with Crippen LogP contribution in [-0.4, -0.2) is 72.8 Å². The summed E-state index contributed by atoms with van der Waals surface area (Å²) >= 11 is 0. The van der Waals surface area contributed by atoms with Crippen LogP contribution >= 0.6 is 0 Å². The molecule has 9 nitrogen and oxygen atoms in total. The van der Waals surface area contributed by atoms with Crippen LogP contribution in [0.1, 0.15) is 62.2 Å². The lowest BCUT2D eigenvalue weighted by atomic mass is 9.95. The smallest absolute Gasteiger partial charge is 0.160 e. The van der Waals surface area contributed by atoms with Crippen molar-refractivity contribution in [1.82, 2.24) is 16.0 Å². The predicted octanol–water partition coefficient (Wildman–Crippen LogP) is 5.49. The van der Waals surface area contributed by atoms with Gasteiger partial charge in [-0.15, -0.1) is 0 Å². The van der Waals surface area contributed by atoms with Gasteiger partial charge in [0.2, 0.25) is 0 Å². The van der Waals surface area contributed by atoms with Gasteiger partial charge in [-0.25, -0.2) is 0 Å². The third kappa shape index (κ3) is 17.8. The van der Waals surface area contributed by atoms with Gasteiger partial charge in [0.05, 0.1) is 19.3 Å². The first kappa shape index (κ1) is 43.1. The van der Waals surface area contributed by atoms with Crippen LogP contribution in [-0.2, 0) is 12.8 Å². The van der Waals surface area contributed by atoms with E-state index in [1.54, 1.807) is 44.3 Å². The quantitative estimate of drug-likeness (QED) is 0.0974. The largest absolute Gasteiger partial charge is 0.508 e. The fraction of sp³-hybridized carbons (Fsp3) is 0.400. The van der Waals surface area contributed by atoms with Crippen molar-refractivity contribution in [3.05, 3.63) is 125 Å². The van der Waals surface area contributed by atoms with Crippen LogP contribution in [0.4, 0.5) is 0 Å². The van der Waals surface area contributed by atoms with Crippen molar-refractivity contribution in [3.8, 4) is 17.2 Å². The third-order valence-electron chi connectivity index (χ3n) is 7.74. The molecule has 1 unspecified atom stereocenters. The minimum absolute atomic E-state index is 0.0768. The van der Waals surface area contributed by atoms with Crippen molar-refractivity contribution < 1.29 is 25.2 Å². The van der Waals surface area contributed by atoms with Crippen LogP contribution in [0, 0.1) is 0 Å². The molecule has 0 bridgehead atoms. The second-order valence-electron chi connectivity index (χ2n) is 12.6. The molecule has 0 aliphatic carbocycles. The van der Waals surface area contributed by atoms with Crippen molar-refractivity contribution in [2.75, 3.05) is 34.8 Å². The van der Waals surface area contributed by atoms with Gasteiger partial charge >= 0.3 is 0 Å². The number of likely N-dealkylation sites (N-methyl/N-ethyl adjacent to an activating group) is 3. The van der Waals surface area contributed by atoms with Gasteiger partial charge < -0.3 is 46.8 Å². The van der Waals surface area contributed by atoms with Gasteiger partial charge in [-0.1, -0.05) is 78.9 Å². The van der Waals surface area contributed by atoms with Crippen LogP contribution in [0.3, 0.4) is 0 Å². The molecule has 0 aliphatic heterocycles. The number of hydrogen-bond donors (Lipinski definition) is 8. The summed E-state index contributed by atoms with van der Waals surface area (Å²) < 4.78 is 4.93. The summed E-state index contributed by atoms with van der Waals surface area (Å²) in [6.45, 7) is 8.79. The van der Waals surface area contributed by atoms with Crippen LogP contribution in [0.2, 0.25) is 0 Å². The molecule has 0 spiro atoms. The Bertz CT molecular complexity index is 1420. The Hall–Kier alpha value is -3.96. The number of ether oxygens (including phenoxy) is 1. The summed E-state index contributed by atoms with van der Waals surface area (Å²) in [5, 5.41) is 46.9. The van der Waals surface area contributed by atoms with E-state index in [0.717, 1.165) is 12.8 Å². The lowest BCUT2D eigenvalue weighted by molar-refractivity contribution is 0.153. The highest BCUT2D eigenvalue weighted by Gasteiger charge is 2.14. The predicted molar refractivity (Wildman–Crippen MR) is 202 cm³/mol. The monoisotopic (exact) mass is 676 g/mol. The van der Waals surface area contributed by atoms with Crippen LogP contribution in [0.25, 0.3) is 0 Å². The number of rotatable bonds is 12. The van der Waals surface area contributed by atoms with Gasteiger partial charge in [-0.3, -0.25) is 0 Å². The second kappa shape index (κ2) is 23.4. The zero-order valence-electron chi connectivity index (χ0n) is 30.5. The van der Waals surface area contributed by atoms with Crippen LogP contribution in [0.5, 0.6) is 17.2 Å². The molecule has 0 fully saturated rings. The number of nitrogens with one attached hydrogen (secondary N) is 3. The van der Waals surface area contributed by atoms with Gasteiger partial charge in [0, 0.05) is 24.2 Å². The van der Waals surface area contributed by atoms with Crippen molar-refractivity contribution in [3.63, 3.8) is 0 Å². The van der Waals surface area contributed by atoms with E-state index in [2.05, 4.69) is 91.3 Å². The SMILES string of the molecule is CNC(C)(C)Cc1ccccc1.CNCC(O)c1ccc(O)c(OC)c1.CN[C@@H](C)Cc1ccccc1.C[C@H](N)[C@H](O)c1cccc(O)c1. The van der Waals surface area contributed by atoms with Crippen molar-refractivity contribution in [2.24, 2.45) is 5.73 Å². The van der Waals surface area contributed by atoms with Crippen molar-refractivity contribution >= 4 is 0 Å². The second-order valence-corrected chi connectivity index (χ2v) is 12.6. The Kier molecular flexibility index (Phi) is 20.6. The number of aliphatic hydroxyl groups excluding tert-OH is 2. The van der Waals surface area contributed by atoms with E-state index in [1.807, 2.05) is 20.2 Å². The molecule has 0 aromatic heterocycles. The number of phenolic OH excluding ortho intramolecular Hbond substituents is 2. The van der Waals surface area contributed by atoms with Gasteiger partial charge in [0.1, 0.15) is 5.75 Å². The minimum Gasteiger partial charge on any atom is -0.508 e. The molecule has 0 saturated heterocycles. The van der Waals surface area contributed by atoms with Gasteiger partial charge in [0.15, 0.2) is 11.5 Å². The standard InChI is InChI=1S/C11H17N.C10H15NO3.C10H15N.C9H13NO2/c1-11(2,12-3)9-10-7-5-4-6-8-10;1-11-6-9(13)7-3-4-8(12)10(5-7)14-2;1-9(11-2)8-10-6-4-3-5-7-10;1-6(10)9(12)7-3-2-4-8(11)5-7/h4-8,12H,9H2,1-3H3;3-5,9,11-13H,6H2,1-2H3;3-7,9,11H,8H2,1-2H3;2-6,9,11-12H,10H2,1H3/t;;9-;6-,9-/m..00/s1. The summed E-state index contributed by atoms with van der Waals surface area (Å²) in [7, 11) is 7.24. The summed E-state index contributed by atoms with van der Waals surface area (Å²) in [5.41, 5.74) is 9.83. The minimum atomic E-state index is -0.711. The first-order valence-electron chi connectivity index (χ1n) is 16.6. The number of aliphatic hydroxyl groups is 2. The molecule has 9 heteroatoms. The average Bonchev–Trinajstić information content (AvgIpc) is 3.09. The number of nitrogens with two attached hydrogens (primary N) is 1. The lowest BCUT2D eigenvalue weighted by Crippen LogP contribution is -2.38. The molecule has 4 rings (SSSR count).